The van der Waals surface area contributed by atoms with Crippen LogP contribution in [0.25, 0.3) is 0 Å². The molecule has 0 aliphatic heterocycles. The minimum absolute atomic E-state index is 0. The Balaban J connectivity index is 0.000000490. The number of hydrogen-bond donors (Lipinski definition) is 1. The predicted octanol–water partition coefficient (Wildman–Crippen LogP) is 0.348. The van der Waals surface area contributed by atoms with Crippen LogP contribution in [0, 0.1) is 0 Å². The summed E-state index contributed by atoms with van der Waals surface area (Å²) in [5.41, 5.74) is -0.164. The van der Waals surface area contributed by atoms with Gasteiger partial charge in [-0.1, -0.05) is 0 Å². The molecule has 8 heavy (non-hydrogen) atoms. The predicted molar refractivity (Wildman–Crippen MR) is 35.2 cm³/mol. The average Bonchev–Trinajstić information content (AvgIpc) is 1.69. The summed E-state index contributed by atoms with van der Waals surface area (Å²) < 4.78 is 0. The molecule has 0 aliphatic rings. The van der Waals surface area contributed by atoms with Gasteiger partial charge in [-0.2, -0.15) is 0 Å². The van der Waals surface area contributed by atoms with E-state index in [0.29, 0.717) is 0 Å². The number of H-pyrrole nitrogens is 1. The fraction of sp³-hybridized carbons (Fsp3) is 0. The first-order valence-corrected chi connectivity index (χ1v) is 1.88. The summed E-state index contributed by atoms with van der Waals surface area (Å²) in [7, 11) is 0. The van der Waals surface area contributed by atoms with Crippen molar-refractivity contribution in [2.24, 2.45) is 0 Å². The van der Waals surface area contributed by atoms with E-state index in [0.717, 1.165) is 0 Å². The van der Waals surface area contributed by atoms with Gasteiger partial charge in [0, 0.05) is 12.4 Å². The molecule has 0 saturated carbocycles. The lowest BCUT2D eigenvalue weighted by molar-refractivity contribution is 1.14. The summed E-state index contributed by atoms with van der Waals surface area (Å²) in [5, 5.41) is 0. The Hall–Kier alpha value is -0.640. The van der Waals surface area contributed by atoms with Crippen LogP contribution in [0.5, 0.6) is 0 Å². The molecule has 1 N–H and O–H groups in total. The summed E-state index contributed by atoms with van der Waals surface area (Å²) in [4.78, 5) is 16.1. The van der Waals surface area contributed by atoms with Crippen molar-refractivity contribution in [1.29, 1.82) is 0 Å². The smallest absolute Gasteiger partial charge is 0.266 e. The Morgan fingerprint density at radius 2 is 2.38 bits per heavy atom. The van der Waals surface area contributed by atoms with E-state index in [9.17, 15) is 4.79 Å². The van der Waals surface area contributed by atoms with Crippen LogP contribution in [0.3, 0.4) is 0 Å². The zero-order valence-corrected chi connectivity index (χ0v) is 5.71. The quantitative estimate of drug-likeness (QED) is 0.621. The van der Waals surface area contributed by atoms with E-state index in [-0.39, 0.29) is 22.5 Å². The van der Waals surface area contributed by atoms with Crippen LogP contribution in [0.1, 0.15) is 0 Å². The van der Waals surface area contributed by atoms with E-state index in [2.05, 4.69) is 9.97 Å². The second-order valence-electron chi connectivity index (χ2n) is 1.10. The number of rotatable bonds is 0. The molecular formula is C4H5BrN2O. The molecule has 0 unspecified atom stereocenters. The van der Waals surface area contributed by atoms with Crippen LogP contribution in [-0.4, -0.2) is 9.97 Å². The molecule has 0 amide bonds. The van der Waals surface area contributed by atoms with Gasteiger partial charge in [0.1, 0.15) is 0 Å². The fourth-order valence-corrected chi connectivity index (χ4v) is 0.310. The van der Waals surface area contributed by atoms with Gasteiger partial charge in [0.2, 0.25) is 0 Å². The van der Waals surface area contributed by atoms with Crippen molar-refractivity contribution < 1.29 is 0 Å². The zero-order valence-electron chi connectivity index (χ0n) is 4.00. The molecule has 3 nitrogen and oxygen atoms in total. The summed E-state index contributed by atoms with van der Waals surface area (Å²) in [6, 6.07) is 0. The highest BCUT2D eigenvalue weighted by Crippen LogP contribution is 1.57. The van der Waals surface area contributed by atoms with E-state index in [1.165, 1.54) is 18.6 Å². The first-order valence-electron chi connectivity index (χ1n) is 1.88. The molecule has 44 valence electrons. The van der Waals surface area contributed by atoms with Crippen LogP contribution in [0.15, 0.2) is 23.4 Å². The van der Waals surface area contributed by atoms with Crippen molar-refractivity contribution in [3.05, 3.63) is 28.9 Å². The van der Waals surface area contributed by atoms with Gasteiger partial charge in [-0.25, -0.2) is 0 Å². The molecule has 4 heteroatoms. The average molecular weight is 177 g/mol. The van der Waals surface area contributed by atoms with Crippen molar-refractivity contribution >= 4 is 17.0 Å². The Labute approximate surface area is 56.5 Å². The molecule has 0 spiro atoms. The second kappa shape index (κ2) is 3.37. The Morgan fingerprint density at radius 3 is 2.62 bits per heavy atom. The Kier molecular flexibility index (Phi) is 3.10. The van der Waals surface area contributed by atoms with Gasteiger partial charge in [-0.3, -0.25) is 9.78 Å². The van der Waals surface area contributed by atoms with Gasteiger partial charge in [0.05, 0.1) is 6.20 Å². The maximum Gasteiger partial charge on any atom is 0.266 e. The number of nitrogens with zero attached hydrogens (tertiary/aromatic N) is 1. The van der Waals surface area contributed by atoms with Crippen LogP contribution in [-0.2, 0) is 0 Å². The SMILES string of the molecule is Br.O=c1cncc[nH]1. The standard InChI is InChI=1S/C4H4N2O.BrH/c7-4-3-5-1-2-6-4;/h1-3H,(H,6,7);1H. The molecule has 1 heterocycles. The third kappa shape index (κ3) is 1.88. The summed E-state index contributed by atoms with van der Waals surface area (Å²) >= 11 is 0. The molecule has 0 atom stereocenters. The number of halogens is 1. The molecule has 0 saturated heterocycles. The Morgan fingerprint density at radius 1 is 1.62 bits per heavy atom. The monoisotopic (exact) mass is 176 g/mol. The lowest BCUT2D eigenvalue weighted by atomic mass is 10.8. The maximum absolute atomic E-state index is 10.2. The van der Waals surface area contributed by atoms with E-state index >= 15 is 0 Å². The highest BCUT2D eigenvalue weighted by atomic mass is 79.9. The van der Waals surface area contributed by atoms with Crippen LogP contribution >= 0.6 is 17.0 Å². The number of hydrogen-bond acceptors (Lipinski definition) is 2. The van der Waals surface area contributed by atoms with Gasteiger partial charge in [-0.05, 0) is 0 Å². The lowest BCUT2D eigenvalue weighted by Gasteiger charge is -1.73. The van der Waals surface area contributed by atoms with Crippen molar-refractivity contribution in [2.75, 3.05) is 0 Å². The highest BCUT2D eigenvalue weighted by molar-refractivity contribution is 8.93. The van der Waals surface area contributed by atoms with Crippen LogP contribution in [0.2, 0.25) is 0 Å². The minimum Gasteiger partial charge on any atom is -0.326 e. The van der Waals surface area contributed by atoms with Crippen molar-refractivity contribution in [3.8, 4) is 0 Å². The summed E-state index contributed by atoms with van der Waals surface area (Å²) in [5.74, 6) is 0. The third-order valence-electron chi connectivity index (χ3n) is 0.578. The normalized spacial score (nSPS) is 7.50. The van der Waals surface area contributed by atoms with E-state index in [4.69, 9.17) is 0 Å². The second-order valence-corrected chi connectivity index (χ2v) is 1.10. The number of nitrogens with one attached hydrogen (secondary N) is 1. The first kappa shape index (κ1) is 7.36. The minimum atomic E-state index is -0.164. The van der Waals surface area contributed by atoms with Gasteiger partial charge in [0.25, 0.3) is 5.56 Å². The van der Waals surface area contributed by atoms with Crippen LogP contribution in [0.4, 0.5) is 0 Å². The fourth-order valence-electron chi connectivity index (χ4n) is 0.310. The molecule has 1 aromatic rings. The molecular weight excluding hydrogens is 172 g/mol. The van der Waals surface area contributed by atoms with Gasteiger partial charge in [-0.15, -0.1) is 17.0 Å². The van der Waals surface area contributed by atoms with Crippen molar-refractivity contribution in [2.45, 2.75) is 0 Å². The first-order chi connectivity index (χ1) is 3.39. The third-order valence-corrected chi connectivity index (χ3v) is 0.578. The van der Waals surface area contributed by atoms with E-state index in [1.807, 2.05) is 0 Å². The van der Waals surface area contributed by atoms with Gasteiger partial charge < -0.3 is 4.98 Å². The maximum atomic E-state index is 10.2. The summed E-state index contributed by atoms with van der Waals surface area (Å²) in [6.07, 6.45) is 4.23. The highest BCUT2D eigenvalue weighted by Gasteiger charge is 1.70. The van der Waals surface area contributed by atoms with E-state index < -0.39 is 0 Å². The van der Waals surface area contributed by atoms with Crippen molar-refractivity contribution in [3.63, 3.8) is 0 Å². The largest absolute Gasteiger partial charge is 0.326 e. The molecule has 0 aromatic carbocycles. The van der Waals surface area contributed by atoms with Crippen molar-refractivity contribution in [1.82, 2.24) is 9.97 Å². The summed E-state index contributed by atoms with van der Waals surface area (Å²) in [6.45, 7) is 0. The van der Waals surface area contributed by atoms with Crippen LogP contribution < -0.4 is 5.56 Å². The molecule has 0 aliphatic carbocycles. The molecule has 1 rings (SSSR count). The van der Waals surface area contributed by atoms with Gasteiger partial charge in [0.15, 0.2) is 0 Å². The topological polar surface area (TPSA) is 45.8 Å². The molecule has 0 fully saturated rings. The van der Waals surface area contributed by atoms with Gasteiger partial charge >= 0.3 is 0 Å². The van der Waals surface area contributed by atoms with E-state index in [1.54, 1.807) is 0 Å². The molecule has 0 radical (unpaired) electrons. The number of aromatic nitrogens is 2. The Bertz CT molecular complexity index is 180. The number of aromatic amines is 1. The zero-order chi connectivity index (χ0) is 5.11. The molecule has 0 bridgehead atoms. The molecule has 1 aromatic heterocycles. The lowest BCUT2D eigenvalue weighted by Crippen LogP contribution is -2.01.